The molecule has 1 amide bonds. The molecule has 0 spiro atoms. The van der Waals surface area contributed by atoms with Gasteiger partial charge in [0, 0.05) is 14.2 Å². The summed E-state index contributed by atoms with van der Waals surface area (Å²) >= 11 is 0. The van der Waals surface area contributed by atoms with Crippen molar-refractivity contribution in [1.82, 2.24) is 5.32 Å². The maximum Gasteiger partial charge on any atom is 0.255 e. The average Bonchev–Trinajstić information content (AvgIpc) is 2.47. The maximum absolute atomic E-state index is 12.1. The standard InChI is InChI=1S/C13H19NO5/c1-16-9-5-6-11(17-2)10(7-9)13(15)14-8-12(18-3)19-4/h5-7,12H,8H2,1-4H3,(H,14,15). The molecule has 0 bridgehead atoms. The second-order valence-electron chi connectivity index (χ2n) is 3.68. The van der Waals surface area contributed by atoms with Crippen molar-refractivity contribution in [2.45, 2.75) is 6.29 Å². The van der Waals surface area contributed by atoms with Gasteiger partial charge in [0.15, 0.2) is 6.29 Å². The first kappa shape index (κ1) is 15.3. The Balaban J connectivity index is 2.80. The number of rotatable bonds is 7. The van der Waals surface area contributed by atoms with Gasteiger partial charge in [-0.1, -0.05) is 0 Å². The van der Waals surface area contributed by atoms with Crippen LogP contribution in [0.2, 0.25) is 0 Å². The fourth-order valence-electron chi connectivity index (χ4n) is 1.53. The van der Waals surface area contributed by atoms with Crippen LogP contribution in [0, 0.1) is 0 Å². The van der Waals surface area contributed by atoms with Gasteiger partial charge in [0.1, 0.15) is 11.5 Å². The number of carbonyl (C=O) groups excluding carboxylic acids is 1. The minimum Gasteiger partial charge on any atom is -0.497 e. The second-order valence-corrected chi connectivity index (χ2v) is 3.68. The third kappa shape index (κ3) is 4.11. The molecule has 0 radical (unpaired) electrons. The molecule has 6 heteroatoms. The molecule has 1 N–H and O–H groups in total. The van der Waals surface area contributed by atoms with E-state index in [0.717, 1.165) is 0 Å². The molecule has 6 nitrogen and oxygen atoms in total. The second kappa shape index (κ2) is 7.60. The highest BCUT2D eigenvalue weighted by atomic mass is 16.7. The van der Waals surface area contributed by atoms with E-state index in [2.05, 4.69) is 5.32 Å². The highest BCUT2D eigenvalue weighted by molar-refractivity contribution is 5.97. The van der Waals surface area contributed by atoms with E-state index in [1.165, 1.54) is 28.4 Å². The van der Waals surface area contributed by atoms with Gasteiger partial charge < -0.3 is 24.3 Å². The molecule has 0 unspecified atom stereocenters. The summed E-state index contributed by atoms with van der Waals surface area (Å²) in [4.78, 5) is 12.1. The van der Waals surface area contributed by atoms with Gasteiger partial charge in [0.05, 0.1) is 26.3 Å². The Bertz CT molecular complexity index is 417. The zero-order valence-electron chi connectivity index (χ0n) is 11.6. The number of carbonyl (C=O) groups is 1. The molecule has 1 rings (SSSR count). The summed E-state index contributed by atoms with van der Waals surface area (Å²) in [6.07, 6.45) is -0.486. The minimum absolute atomic E-state index is 0.242. The quantitative estimate of drug-likeness (QED) is 0.750. The van der Waals surface area contributed by atoms with Gasteiger partial charge in [-0.05, 0) is 18.2 Å². The van der Waals surface area contributed by atoms with E-state index in [1.807, 2.05) is 0 Å². The van der Waals surface area contributed by atoms with Crippen molar-refractivity contribution < 1.29 is 23.7 Å². The monoisotopic (exact) mass is 269 g/mol. The first-order chi connectivity index (χ1) is 9.15. The molecule has 1 aromatic carbocycles. The molecule has 0 heterocycles. The lowest BCUT2D eigenvalue weighted by molar-refractivity contribution is -0.0974. The van der Waals surface area contributed by atoms with Crippen molar-refractivity contribution in [3.05, 3.63) is 23.8 Å². The van der Waals surface area contributed by atoms with Gasteiger partial charge in [-0.3, -0.25) is 4.79 Å². The predicted molar refractivity (Wildman–Crippen MR) is 69.7 cm³/mol. The van der Waals surface area contributed by atoms with Crippen LogP contribution in [0.25, 0.3) is 0 Å². The lowest BCUT2D eigenvalue weighted by atomic mass is 10.1. The average molecular weight is 269 g/mol. The van der Waals surface area contributed by atoms with Gasteiger partial charge in [-0.25, -0.2) is 0 Å². The number of hydrogen-bond donors (Lipinski definition) is 1. The normalized spacial score (nSPS) is 10.4. The fraction of sp³-hybridized carbons (Fsp3) is 0.462. The maximum atomic E-state index is 12.1. The van der Waals surface area contributed by atoms with E-state index < -0.39 is 6.29 Å². The molecular formula is C13H19NO5. The third-order valence-electron chi connectivity index (χ3n) is 2.61. The Morgan fingerprint density at radius 2 is 1.84 bits per heavy atom. The van der Waals surface area contributed by atoms with E-state index >= 15 is 0 Å². The van der Waals surface area contributed by atoms with Gasteiger partial charge in [-0.2, -0.15) is 0 Å². The molecule has 0 saturated heterocycles. The molecule has 0 aliphatic rings. The molecule has 1 aromatic rings. The molecule has 19 heavy (non-hydrogen) atoms. The first-order valence-electron chi connectivity index (χ1n) is 5.72. The highest BCUT2D eigenvalue weighted by Gasteiger charge is 2.15. The molecule has 0 aliphatic heterocycles. The topological polar surface area (TPSA) is 66.0 Å². The predicted octanol–water partition coefficient (Wildman–Crippen LogP) is 1.05. The number of ether oxygens (including phenoxy) is 4. The van der Waals surface area contributed by atoms with E-state index in [9.17, 15) is 4.79 Å². The minimum atomic E-state index is -0.486. The Morgan fingerprint density at radius 3 is 2.37 bits per heavy atom. The highest BCUT2D eigenvalue weighted by Crippen LogP contribution is 2.23. The SMILES string of the molecule is COc1ccc(OC)c(C(=O)NCC(OC)OC)c1. The lowest BCUT2D eigenvalue weighted by Crippen LogP contribution is -2.34. The number of benzene rings is 1. The lowest BCUT2D eigenvalue weighted by Gasteiger charge is -2.15. The Hall–Kier alpha value is -1.79. The summed E-state index contributed by atoms with van der Waals surface area (Å²) < 4.78 is 20.2. The molecular weight excluding hydrogens is 250 g/mol. The van der Waals surface area contributed by atoms with Crippen LogP contribution in [0.4, 0.5) is 0 Å². The van der Waals surface area contributed by atoms with E-state index in [-0.39, 0.29) is 12.5 Å². The summed E-state index contributed by atoms with van der Waals surface area (Å²) in [7, 11) is 6.06. The number of amides is 1. The van der Waals surface area contributed by atoms with Crippen molar-refractivity contribution in [2.75, 3.05) is 35.0 Å². The summed E-state index contributed by atoms with van der Waals surface area (Å²) in [5.74, 6) is 0.778. The zero-order valence-corrected chi connectivity index (χ0v) is 11.6. The summed E-state index contributed by atoms with van der Waals surface area (Å²) in [5, 5.41) is 2.70. The number of nitrogens with one attached hydrogen (secondary N) is 1. The van der Waals surface area contributed by atoms with Crippen molar-refractivity contribution in [3.63, 3.8) is 0 Å². The van der Waals surface area contributed by atoms with Crippen molar-refractivity contribution in [2.24, 2.45) is 0 Å². The van der Waals surface area contributed by atoms with Crippen LogP contribution in [-0.2, 0) is 9.47 Å². The van der Waals surface area contributed by atoms with E-state index in [4.69, 9.17) is 18.9 Å². The summed E-state index contributed by atoms with van der Waals surface area (Å²) in [6, 6.07) is 5.02. The molecule has 0 saturated carbocycles. The van der Waals surface area contributed by atoms with E-state index in [1.54, 1.807) is 18.2 Å². The molecule has 0 aromatic heterocycles. The van der Waals surface area contributed by atoms with Crippen LogP contribution >= 0.6 is 0 Å². The molecule has 0 atom stereocenters. The molecule has 0 aliphatic carbocycles. The Morgan fingerprint density at radius 1 is 1.16 bits per heavy atom. The van der Waals surface area contributed by atoms with Gasteiger partial charge in [0.2, 0.25) is 0 Å². The van der Waals surface area contributed by atoms with Crippen molar-refractivity contribution in [1.29, 1.82) is 0 Å². The third-order valence-corrected chi connectivity index (χ3v) is 2.61. The molecule has 0 fully saturated rings. The van der Waals surface area contributed by atoms with Crippen LogP contribution in [0.5, 0.6) is 11.5 Å². The van der Waals surface area contributed by atoms with Crippen LogP contribution in [0.1, 0.15) is 10.4 Å². The largest absolute Gasteiger partial charge is 0.497 e. The zero-order chi connectivity index (χ0) is 14.3. The summed E-state index contributed by atoms with van der Waals surface area (Å²) in [5.41, 5.74) is 0.396. The van der Waals surface area contributed by atoms with Crippen LogP contribution < -0.4 is 14.8 Å². The van der Waals surface area contributed by atoms with Gasteiger partial charge in [-0.15, -0.1) is 0 Å². The fourth-order valence-corrected chi connectivity index (χ4v) is 1.53. The number of methoxy groups -OCH3 is 4. The van der Waals surface area contributed by atoms with Crippen LogP contribution in [0.15, 0.2) is 18.2 Å². The smallest absolute Gasteiger partial charge is 0.255 e. The van der Waals surface area contributed by atoms with Gasteiger partial charge >= 0.3 is 0 Å². The summed E-state index contributed by atoms with van der Waals surface area (Å²) in [6.45, 7) is 0.242. The van der Waals surface area contributed by atoms with Crippen LogP contribution in [-0.4, -0.2) is 47.2 Å². The van der Waals surface area contributed by atoms with E-state index in [0.29, 0.717) is 17.1 Å². The molecule has 106 valence electrons. The Labute approximate surface area is 112 Å². The van der Waals surface area contributed by atoms with Crippen molar-refractivity contribution >= 4 is 5.91 Å². The number of hydrogen-bond acceptors (Lipinski definition) is 5. The van der Waals surface area contributed by atoms with Crippen LogP contribution in [0.3, 0.4) is 0 Å². The van der Waals surface area contributed by atoms with Gasteiger partial charge in [0.25, 0.3) is 5.91 Å². The van der Waals surface area contributed by atoms with Crippen molar-refractivity contribution in [3.8, 4) is 11.5 Å². The first-order valence-corrected chi connectivity index (χ1v) is 5.72. The Kier molecular flexibility index (Phi) is 6.11.